The van der Waals surface area contributed by atoms with Crippen molar-refractivity contribution < 1.29 is 9.47 Å². The first-order valence-electron chi connectivity index (χ1n) is 8.93. The van der Waals surface area contributed by atoms with Crippen molar-refractivity contribution in [3.05, 3.63) is 64.8 Å². The van der Waals surface area contributed by atoms with E-state index in [4.69, 9.17) is 21.1 Å². The van der Waals surface area contributed by atoms with Gasteiger partial charge in [-0.3, -0.25) is 0 Å². The number of ether oxygens (including phenoxy) is 2. The molecule has 146 valence electrons. The number of rotatable bonds is 8. The van der Waals surface area contributed by atoms with Gasteiger partial charge in [-0.05, 0) is 55.8 Å². The minimum atomic E-state index is 0.486. The molecule has 3 aromatic rings. The monoisotopic (exact) mass is 398 g/mol. The molecule has 28 heavy (non-hydrogen) atoms. The smallest absolute Gasteiger partial charge is 0.224 e. The third kappa shape index (κ3) is 5.50. The molecule has 6 nitrogen and oxygen atoms in total. The van der Waals surface area contributed by atoms with E-state index >= 15 is 0 Å². The number of nitrogens with one attached hydrogen (secondary N) is 2. The van der Waals surface area contributed by atoms with E-state index in [2.05, 4.69) is 20.6 Å². The number of hydrogen-bond acceptors (Lipinski definition) is 6. The molecule has 0 saturated carbocycles. The van der Waals surface area contributed by atoms with Crippen LogP contribution in [0.15, 0.2) is 48.5 Å². The molecule has 0 spiro atoms. The quantitative estimate of drug-likeness (QED) is 0.521. The molecular weight excluding hydrogens is 376 g/mol. The summed E-state index contributed by atoms with van der Waals surface area (Å²) in [7, 11) is 1.64. The topological polar surface area (TPSA) is 68.3 Å². The Bertz CT molecular complexity index is 932. The molecule has 0 bridgehead atoms. The van der Waals surface area contributed by atoms with Crippen LogP contribution < -0.4 is 20.1 Å². The zero-order chi connectivity index (χ0) is 19.9. The van der Waals surface area contributed by atoms with Gasteiger partial charge in [0.2, 0.25) is 5.95 Å². The first-order chi connectivity index (χ1) is 13.5. The summed E-state index contributed by atoms with van der Waals surface area (Å²) in [6.07, 6.45) is 0. The van der Waals surface area contributed by atoms with Gasteiger partial charge in [-0.2, -0.15) is 4.98 Å². The third-order valence-corrected chi connectivity index (χ3v) is 4.27. The number of methoxy groups -OCH3 is 1. The molecule has 0 aliphatic heterocycles. The molecule has 2 aromatic carbocycles. The van der Waals surface area contributed by atoms with Gasteiger partial charge in [0, 0.05) is 22.5 Å². The minimum Gasteiger partial charge on any atom is -0.497 e. The summed E-state index contributed by atoms with van der Waals surface area (Å²) in [4.78, 5) is 8.94. The summed E-state index contributed by atoms with van der Waals surface area (Å²) in [6.45, 7) is 5.00. The predicted octanol–water partition coefficient (Wildman–Crippen LogP) is 4.99. The summed E-state index contributed by atoms with van der Waals surface area (Å²) in [6, 6.07) is 15.1. The fourth-order valence-corrected chi connectivity index (χ4v) is 2.75. The van der Waals surface area contributed by atoms with E-state index in [0.29, 0.717) is 29.9 Å². The molecule has 0 radical (unpaired) electrons. The van der Waals surface area contributed by atoms with E-state index in [0.717, 1.165) is 28.4 Å². The van der Waals surface area contributed by atoms with E-state index in [1.807, 2.05) is 62.4 Å². The summed E-state index contributed by atoms with van der Waals surface area (Å²) in [5, 5.41) is 7.17. The van der Waals surface area contributed by atoms with Gasteiger partial charge >= 0.3 is 0 Å². The largest absolute Gasteiger partial charge is 0.497 e. The molecule has 0 aliphatic carbocycles. The Labute approximate surface area is 169 Å². The molecule has 0 saturated heterocycles. The van der Waals surface area contributed by atoms with E-state index in [-0.39, 0.29) is 0 Å². The van der Waals surface area contributed by atoms with E-state index in [1.54, 1.807) is 7.11 Å². The van der Waals surface area contributed by atoms with Crippen molar-refractivity contribution in [2.75, 3.05) is 30.9 Å². The van der Waals surface area contributed by atoms with Gasteiger partial charge in [-0.15, -0.1) is 0 Å². The molecule has 0 atom stereocenters. The normalized spacial score (nSPS) is 10.4. The molecule has 1 aromatic heterocycles. The highest BCUT2D eigenvalue weighted by molar-refractivity contribution is 6.30. The van der Waals surface area contributed by atoms with Crippen molar-refractivity contribution >= 4 is 29.1 Å². The second-order valence-corrected chi connectivity index (χ2v) is 6.69. The summed E-state index contributed by atoms with van der Waals surface area (Å²) < 4.78 is 10.8. The maximum atomic E-state index is 6.09. The third-order valence-electron chi connectivity index (χ3n) is 4.03. The Kier molecular flexibility index (Phi) is 6.55. The lowest BCUT2D eigenvalue weighted by atomic mass is 10.2. The van der Waals surface area contributed by atoms with Crippen LogP contribution in [-0.4, -0.2) is 30.2 Å². The van der Waals surface area contributed by atoms with Crippen LogP contribution in [0.5, 0.6) is 11.5 Å². The zero-order valence-electron chi connectivity index (χ0n) is 16.1. The minimum absolute atomic E-state index is 0.486. The van der Waals surface area contributed by atoms with Crippen molar-refractivity contribution in [1.29, 1.82) is 0 Å². The Morgan fingerprint density at radius 2 is 1.71 bits per heavy atom. The zero-order valence-corrected chi connectivity index (χ0v) is 16.9. The van der Waals surface area contributed by atoms with Crippen molar-refractivity contribution in [2.24, 2.45) is 0 Å². The number of halogens is 1. The highest BCUT2D eigenvalue weighted by Crippen LogP contribution is 2.24. The average Bonchev–Trinajstić information content (AvgIpc) is 2.68. The molecule has 0 unspecified atom stereocenters. The second kappa shape index (κ2) is 9.28. The molecule has 2 N–H and O–H groups in total. The van der Waals surface area contributed by atoms with Gasteiger partial charge in [0.15, 0.2) is 0 Å². The average molecular weight is 399 g/mol. The molecule has 0 fully saturated rings. The lowest BCUT2D eigenvalue weighted by molar-refractivity contribution is 0.331. The van der Waals surface area contributed by atoms with Crippen molar-refractivity contribution in [3.8, 4) is 11.5 Å². The Morgan fingerprint density at radius 1 is 0.964 bits per heavy atom. The lowest BCUT2D eigenvalue weighted by Gasteiger charge is -2.12. The van der Waals surface area contributed by atoms with Crippen LogP contribution in [0.3, 0.4) is 0 Å². The van der Waals surface area contributed by atoms with E-state index in [1.165, 1.54) is 0 Å². The number of anilines is 3. The van der Waals surface area contributed by atoms with Gasteiger partial charge in [-0.1, -0.05) is 17.7 Å². The summed E-state index contributed by atoms with van der Waals surface area (Å²) >= 11 is 6.09. The summed E-state index contributed by atoms with van der Waals surface area (Å²) in [5.41, 5.74) is 2.86. The number of hydrogen-bond donors (Lipinski definition) is 2. The predicted molar refractivity (Wildman–Crippen MR) is 113 cm³/mol. The fraction of sp³-hybridized carbons (Fsp3) is 0.238. The van der Waals surface area contributed by atoms with Gasteiger partial charge in [0.1, 0.15) is 23.9 Å². The molecule has 7 heteroatoms. The molecule has 0 amide bonds. The number of nitrogens with zero attached hydrogens (tertiary/aromatic N) is 2. The summed E-state index contributed by atoms with van der Waals surface area (Å²) in [5.74, 6) is 2.83. The number of benzene rings is 2. The van der Waals surface area contributed by atoms with Crippen molar-refractivity contribution in [3.63, 3.8) is 0 Å². The molecule has 3 rings (SSSR count). The van der Waals surface area contributed by atoms with Crippen LogP contribution in [-0.2, 0) is 0 Å². The number of aryl methyl sites for hydroxylation is 2. The number of aromatic nitrogens is 2. The second-order valence-electron chi connectivity index (χ2n) is 6.25. The van der Waals surface area contributed by atoms with Crippen molar-refractivity contribution in [2.45, 2.75) is 13.8 Å². The van der Waals surface area contributed by atoms with Crippen LogP contribution >= 0.6 is 11.6 Å². The van der Waals surface area contributed by atoms with Crippen LogP contribution in [0.1, 0.15) is 11.3 Å². The lowest BCUT2D eigenvalue weighted by Crippen LogP contribution is -2.14. The van der Waals surface area contributed by atoms with Gasteiger partial charge in [0.05, 0.1) is 13.7 Å². The SMILES string of the molecule is COc1ccc(OCCNc2nc(C)cc(Nc3cc(Cl)ccc3C)n2)cc1. The van der Waals surface area contributed by atoms with Crippen molar-refractivity contribution in [1.82, 2.24) is 9.97 Å². The highest BCUT2D eigenvalue weighted by Gasteiger charge is 2.05. The Morgan fingerprint density at radius 3 is 2.46 bits per heavy atom. The molecular formula is C21H23ClN4O2. The van der Waals surface area contributed by atoms with Crippen LogP contribution in [0.2, 0.25) is 5.02 Å². The van der Waals surface area contributed by atoms with Gasteiger partial charge < -0.3 is 20.1 Å². The maximum absolute atomic E-state index is 6.09. The Hall–Kier alpha value is -2.99. The highest BCUT2D eigenvalue weighted by atomic mass is 35.5. The van der Waals surface area contributed by atoms with Gasteiger partial charge in [0.25, 0.3) is 0 Å². The first-order valence-corrected chi connectivity index (χ1v) is 9.31. The fourth-order valence-electron chi connectivity index (χ4n) is 2.58. The van der Waals surface area contributed by atoms with E-state index in [9.17, 15) is 0 Å². The molecule has 1 heterocycles. The van der Waals surface area contributed by atoms with Crippen LogP contribution in [0.25, 0.3) is 0 Å². The van der Waals surface area contributed by atoms with Crippen LogP contribution in [0, 0.1) is 13.8 Å². The van der Waals surface area contributed by atoms with Crippen LogP contribution in [0.4, 0.5) is 17.5 Å². The van der Waals surface area contributed by atoms with Gasteiger partial charge in [-0.25, -0.2) is 4.98 Å². The standard InChI is InChI=1S/C21H23ClN4O2/c1-14-4-5-16(22)13-19(14)25-20-12-15(2)24-21(26-20)23-10-11-28-18-8-6-17(27-3)7-9-18/h4-9,12-13H,10-11H2,1-3H3,(H2,23,24,25,26). The first kappa shape index (κ1) is 19.8. The Balaban J connectivity index is 1.57. The van der Waals surface area contributed by atoms with E-state index < -0.39 is 0 Å². The maximum Gasteiger partial charge on any atom is 0.224 e. The molecule has 0 aliphatic rings.